The Morgan fingerprint density at radius 3 is 2.54 bits per heavy atom. The molecule has 0 aromatic rings. The van der Waals surface area contributed by atoms with Crippen molar-refractivity contribution in [3.8, 4) is 0 Å². The van der Waals surface area contributed by atoms with E-state index in [1.807, 2.05) is 13.8 Å². The van der Waals surface area contributed by atoms with E-state index in [4.69, 9.17) is 0 Å². The van der Waals surface area contributed by atoms with Gasteiger partial charge in [-0.3, -0.25) is 0 Å². The van der Waals surface area contributed by atoms with Crippen molar-refractivity contribution in [3.63, 3.8) is 0 Å². The van der Waals surface area contributed by atoms with Gasteiger partial charge >= 0.3 is 0 Å². The third kappa shape index (κ3) is 6.39. The molecule has 80 valence electrons. The van der Waals surface area contributed by atoms with Gasteiger partial charge < -0.3 is 5.32 Å². The van der Waals surface area contributed by atoms with Gasteiger partial charge in [0.1, 0.15) is 0 Å². The Balaban J connectivity index is 0.000000671. The summed E-state index contributed by atoms with van der Waals surface area (Å²) in [5.74, 6) is 4.63. The van der Waals surface area contributed by atoms with Crippen LogP contribution in [0, 0.1) is 11.8 Å². The van der Waals surface area contributed by atoms with Crippen molar-refractivity contribution < 1.29 is 0 Å². The minimum atomic E-state index is 0.934. The van der Waals surface area contributed by atoms with Gasteiger partial charge in [0.2, 0.25) is 0 Å². The number of hydrogen-bond acceptors (Lipinski definition) is 2. The van der Waals surface area contributed by atoms with E-state index in [9.17, 15) is 0 Å². The number of nitrogens with one attached hydrogen (secondary N) is 1. The van der Waals surface area contributed by atoms with Crippen LogP contribution in [0.4, 0.5) is 0 Å². The second kappa shape index (κ2) is 8.89. The van der Waals surface area contributed by atoms with Crippen LogP contribution in [0.25, 0.3) is 0 Å². The van der Waals surface area contributed by atoms with Gasteiger partial charge in [-0.05, 0) is 42.9 Å². The Labute approximate surface area is 88.1 Å². The van der Waals surface area contributed by atoms with Crippen LogP contribution in [0.1, 0.15) is 34.1 Å². The highest BCUT2D eigenvalue weighted by atomic mass is 32.2. The van der Waals surface area contributed by atoms with Crippen LogP contribution in [0.15, 0.2) is 0 Å². The summed E-state index contributed by atoms with van der Waals surface area (Å²) >= 11 is 2.12. The van der Waals surface area contributed by atoms with Gasteiger partial charge in [-0.15, -0.1) is 0 Å². The number of thioether (sulfide) groups is 1. The maximum absolute atomic E-state index is 3.43. The maximum Gasteiger partial charge on any atom is -0.00126 e. The fraction of sp³-hybridized carbons (Fsp3) is 1.00. The summed E-state index contributed by atoms with van der Waals surface area (Å²) in [6, 6.07) is 0. The van der Waals surface area contributed by atoms with Gasteiger partial charge in [0.25, 0.3) is 0 Å². The molecule has 0 aromatic heterocycles. The Bertz CT molecular complexity index is 106. The topological polar surface area (TPSA) is 12.0 Å². The first-order chi connectivity index (χ1) is 6.33. The molecule has 0 amide bonds. The molecule has 2 atom stereocenters. The first-order valence-corrected chi connectivity index (χ1v) is 6.76. The highest BCUT2D eigenvalue weighted by Gasteiger charge is 2.18. The van der Waals surface area contributed by atoms with Crippen LogP contribution in [0.3, 0.4) is 0 Å². The summed E-state index contributed by atoms with van der Waals surface area (Å²) in [5, 5.41) is 3.43. The van der Waals surface area contributed by atoms with Gasteiger partial charge in [0, 0.05) is 0 Å². The molecule has 1 aliphatic rings. The Kier molecular flexibility index (Phi) is 9.10. The average molecular weight is 203 g/mol. The second-order valence-electron chi connectivity index (χ2n) is 3.55. The standard InChI is InChI=1S/C9H19NS.C2H6/c1-3-10-5-9-4-8(2)6-11-7-9;1-2/h8-10H,3-7H2,1-2H3;1-2H3. The van der Waals surface area contributed by atoms with Crippen LogP contribution in [0.2, 0.25) is 0 Å². The lowest BCUT2D eigenvalue weighted by Crippen LogP contribution is -2.28. The van der Waals surface area contributed by atoms with Crippen molar-refractivity contribution in [2.24, 2.45) is 11.8 Å². The lowest BCUT2D eigenvalue weighted by molar-refractivity contribution is 0.415. The molecule has 0 spiro atoms. The third-order valence-electron chi connectivity index (χ3n) is 2.17. The summed E-state index contributed by atoms with van der Waals surface area (Å²) in [6.07, 6.45) is 1.43. The summed E-state index contributed by atoms with van der Waals surface area (Å²) in [5.41, 5.74) is 0. The Morgan fingerprint density at radius 2 is 2.00 bits per heavy atom. The SMILES string of the molecule is CC.CCNCC1CSCC(C)C1. The molecule has 1 heterocycles. The molecule has 1 nitrogen and oxygen atoms in total. The highest BCUT2D eigenvalue weighted by Crippen LogP contribution is 2.26. The molecular formula is C11H25NS. The van der Waals surface area contributed by atoms with Crippen molar-refractivity contribution in [3.05, 3.63) is 0 Å². The summed E-state index contributed by atoms with van der Waals surface area (Å²) in [4.78, 5) is 0. The third-order valence-corrected chi connectivity index (χ3v) is 3.69. The van der Waals surface area contributed by atoms with Crippen molar-refractivity contribution in [2.75, 3.05) is 24.6 Å². The molecule has 13 heavy (non-hydrogen) atoms. The fourth-order valence-electron chi connectivity index (χ4n) is 1.63. The number of rotatable bonds is 3. The zero-order valence-electron chi connectivity index (χ0n) is 9.60. The lowest BCUT2D eigenvalue weighted by atomic mass is 9.98. The van der Waals surface area contributed by atoms with Crippen LogP contribution in [-0.2, 0) is 0 Å². The van der Waals surface area contributed by atoms with Gasteiger partial charge in [0.15, 0.2) is 0 Å². The molecule has 0 bridgehead atoms. The average Bonchev–Trinajstić information content (AvgIpc) is 2.18. The first-order valence-electron chi connectivity index (χ1n) is 5.61. The Morgan fingerprint density at radius 1 is 1.31 bits per heavy atom. The second-order valence-corrected chi connectivity index (χ2v) is 4.63. The zero-order valence-corrected chi connectivity index (χ0v) is 10.4. The van der Waals surface area contributed by atoms with Crippen LogP contribution in [0.5, 0.6) is 0 Å². The lowest BCUT2D eigenvalue weighted by Gasteiger charge is -2.26. The normalized spacial score (nSPS) is 27.7. The molecule has 1 N–H and O–H groups in total. The van der Waals surface area contributed by atoms with E-state index >= 15 is 0 Å². The monoisotopic (exact) mass is 203 g/mol. The molecule has 1 saturated heterocycles. The van der Waals surface area contributed by atoms with E-state index in [0.29, 0.717) is 0 Å². The van der Waals surface area contributed by atoms with Gasteiger partial charge in [-0.1, -0.05) is 27.7 Å². The van der Waals surface area contributed by atoms with E-state index < -0.39 is 0 Å². The zero-order chi connectivity index (χ0) is 10.1. The molecule has 1 fully saturated rings. The largest absolute Gasteiger partial charge is 0.317 e. The van der Waals surface area contributed by atoms with Crippen molar-refractivity contribution in [2.45, 2.75) is 34.1 Å². The van der Waals surface area contributed by atoms with E-state index in [2.05, 4.69) is 30.9 Å². The van der Waals surface area contributed by atoms with Crippen LogP contribution < -0.4 is 5.32 Å². The highest BCUT2D eigenvalue weighted by molar-refractivity contribution is 7.99. The molecular weight excluding hydrogens is 178 g/mol. The molecule has 0 aliphatic carbocycles. The summed E-state index contributed by atoms with van der Waals surface area (Å²) in [7, 11) is 0. The van der Waals surface area contributed by atoms with Crippen molar-refractivity contribution in [1.29, 1.82) is 0 Å². The molecule has 0 aromatic carbocycles. The van der Waals surface area contributed by atoms with Crippen LogP contribution in [-0.4, -0.2) is 24.6 Å². The van der Waals surface area contributed by atoms with E-state index in [-0.39, 0.29) is 0 Å². The quantitative estimate of drug-likeness (QED) is 0.757. The molecule has 0 radical (unpaired) electrons. The maximum atomic E-state index is 3.43. The Hall–Kier alpha value is 0.310. The molecule has 2 heteroatoms. The predicted octanol–water partition coefficient (Wildman–Crippen LogP) is 3.01. The minimum absolute atomic E-state index is 0.934. The molecule has 0 saturated carbocycles. The van der Waals surface area contributed by atoms with E-state index in [1.54, 1.807) is 0 Å². The summed E-state index contributed by atoms with van der Waals surface area (Å²) < 4.78 is 0. The van der Waals surface area contributed by atoms with Crippen molar-refractivity contribution >= 4 is 11.8 Å². The van der Waals surface area contributed by atoms with Crippen molar-refractivity contribution in [1.82, 2.24) is 5.32 Å². The van der Waals surface area contributed by atoms with Gasteiger partial charge in [-0.25, -0.2) is 0 Å². The number of hydrogen-bond donors (Lipinski definition) is 1. The first kappa shape index (κ1) is 13.3. The predicted molar refractivity (Wildman–Crippen MR) is 64.5 cm³/mol. The molecule has 1 aliphatic heterocycles. The van der Waals surface area contributed by atoms with Gasteiger partial charge in [-0.2, -0.15) is 11.8 Å². The van der Waals surface area contributed by atoms with E-state index in [1.165, 1.54) is 24.5 Å². The molecule has 1 rings (SSSR count). The molecule has 2 unspecified atom stereocenters. The van der Waals surface area contributed by atoms with Gasteiger partial charge in [0.05, 0.1) is 0 Å². The fourth-order valence-corrected chi connectivity index (χ4v) is 2.89. The van der Waals surface area contributed by atoms with Crippen LogP contribution >= 0.6 is 11.8 Å². The smallest absolute Gasteiger partial charge is 0.00126 e. The summed E-state index contributed by atoms with van der Waals surface area (Å²) in [6.45, 7) is 10.9. The minimum Gasteiger partial charge on any atom is -0.317 e. The van der Waals surface area contributed by atoms with E-state index in [0.717, 1.165) is 18.4 Å².